The van der Waals surface area contributed by atoms with Gasteiger partial charge in [-0.05, 0) is 34.9 Å². The topological polar surface area (TPSA) is 59.3 Å². The SMILES string of the molecule is C=Cc1ccc2c(ccc3occ(C(C=O)CCC(=O)NC)c32)c1. The second kappa shape index (κ2) is 6.71. The van der Waals surface area contributed by atoms with Gasteiger partial charge in [-0.1, -0.05) is 30.9 Å². The van der Waals surface area contributed by atoms with Crippen LogP contribution in [0.25, 0.3) is 27.8 Å². The summed E-state index contributed by atoms with van der Waals surface area (Å²) in [5.74, 6) is -0.441. The van der Waals surface area contributed by atoms with Gasteiger partial charge in [0.05, 0.1) is 6.26 Å². The molecule has 1 aromatic heterocycles. The van der Waals surface area contributed by atoms with E-state index in [-0.39, 0.29) is 11.8 Å². The van der Waals surface area contributed by atoms with Crippen molar-refractivity contribution >= 4 is 40.0 Å². The highest BCUT2D eigenvalue weighted by atomic mass is 16.3. The van der Waals surface area contributed by atoms with E-state index in [2.05, 4.69) is 18.0 Å². The molecule has 3 rings (SSSR count). The minimum Gasteiger partial charge on any atom is -0.464 e. The van der Waals surface area contributed by atoms with Crippen LogP contribution in [0.3, 0.4) is 0 Å². The Labute approximate surface area is 140 Å². The number of carbonyl (C=O) groups excluding carboxylic acids is 2. The Kier molecular flexibility index (Phi) is 4.47. The van der Waals surface area contributed by atoms with E-state index in [0.717, 1.165) is 39.2 Å². The average Bonchev–Trinajstić information content (AvgIpc) is 3.06. The van der Waals surface area contributed by atoms with Crippen molar-refractivity contribution in [3.63, 3.8) is 0 Å². The Morgan fingerprint density at radius 3 is 2.88 bits per heavy atom. The number of furan rings is 1. The van der Waals surface area contributed by atoms with Gasteiger partial charge >= 0.3 is 0 Å². The highest BCUT2D eigenvalue weighted by molar-refractivity contribution is 6.08. The van der Waals surface area contributed by atoms with Crippen LogP contribution in [-0.2, 0) is 9.59 Å². The van der Waals surface area contributed by atoms with Crippen molar-refractivity contribution in [3.8, 4) is 0 Å². The summed E-state index contributed by atoms with van der Waals surface area (Å²) in [4.78, 5) is 23.1. The van der Waals surface area contributed by atoms with E-state index in [9.17, 15) is 9.59 Å². The van der Waals surface area contributed by atoms with Crippen LogP contribution < -0.4 is 5.32 Å². The zero-order chi connectivity index (χ0) is 17.1. The molecule has 0 aliphatic carbocycles. The Morgan fingerprint density at radius 1 is 1.33 bits per heavy atom. The normalized spacial score (nSPS) is 12.2. The molecule has 0 bridgehead atoms. The number of hydrogen-bond acceptors (Lipinski definition) is 3. The smallest absolute Gasteiger partial charge is 0.219 e. The highest BCUT2D eigenvalue weighted by Gasteiger charge is 2.19. The lowest BCUT2D eigenvalue weighted by Crippen LogP contribution is -2.18. The molecule has 1 amide bonds. The second-order valence-electron chi connectivity index (χ2n) is 5.77. The third-order valence-electron chi connectivity index (χ3n) is 4.37. The first-order chi connectivity index (χ1) is 11.7. The second-order valence-corrected chi connectivity index (χ2v) is 5.77. The largest absolute Gasteiger partial charge is 0.464 e. The summed E-state index contributed by atoms with van der Waals surface area (Å²) in [6.45, 7) is 3.80. The first-order valence-corrected chi connectivity index (χ1v) is 7.90. The van der Waals surface area contributed by atoms with Crippen molar-refractivity contribution in [2.45, 2.75) is 18.8 Å². The molecule has 122 valence electrons. The van der Waals surface area contributed by atoms with Crippen LogP contribution in [0.2, 0.25) is 0 Å². The van der Waals surface area contributed by atoms with E-state index in [4.69, 9.17) is 4.42 Å². The van der Waals surface area contributed by atoms with Crippen molar-refractivity contribution in [2.75, 3.05) is 7.05 Å². The number of carbonyl (C=O) groups is 2. The first kappa shape index (κ1) is 16.0. The average molecular weight is 321 g/mol. The van der Waals surface area contributed by atoms with Crippen LogP contribution in [0.4, 0.5) is 0 Å². The Morgan fingerprint density at radius 2 is 2.17 bits per heavy atom. The number of aldehydes is 1. The van der Waals surface area contributed by atoms with E-state index in [1.165, 1.54) is 0 Å². The number of benzene rings is 2. The fourth-order valence-electron chi connectivity index (χ4n) is 3.02. The van der Waals surface area contributed by atoms with Crippen molar-refractivity contribution in [2.24, 2.45) is 0 Å². The van der Waals surface area contributed by atoms with E-state index < -0.39 is 0 Å². The maximum atomic E-state index is 11.6. The zero-order valence-corrected chi connectivity index (χ0v) is 13.5. The predicted octanol–water partition coefficient (Wildman–Crippen LogP) is 4.04. The molecule has 1 N–H and O–H groups in total. The molecule has 3 aromatic rings. The fourth-order valence-corrected chi connectivity index (χ4v) is 3.02. The molecular formula is C20H19NO3. The van der Waals surface area contributed by atoms with E-state index in [0.29, 0.717) is 12.8 Å². The molecule has 0 aliphatic rings. The number of amides is 1. The van der Waals surface area contributed by atoms with Gasteiger partial charge in [-0.3, -0.25) is 4.79 Å². The summed E-state index contributed by atoms with van der Waals surface area (Å²) in [5.41, 5.74) is 2.62. The van der Waals surface area contributed by atoms with Gasteiger partial charge in [0.15, 0.2) is 0 Å². The summed E-state index contributed by atoms with van der Waals surface area (Å²) >= 11 is 0. The van der Waals surface area contributed by atoms with Crippen LogP contribution >= 0.6 is 0 Å². The molecule has 1 atom stereocenters. The van der Waals surface area contributed by atoms with Crippen molar-refractivity contribution in [1.82, 2.24) is 5.32 Å². The molecule has 2 aromatic carbocycles. The first-order valence-electron chi connectivity index (χ1n) is 7.90. The van der Waals surface area contributed by atoms with E-state index in [1.807, 2.05) is 24.3 Å². The molecule has 4 nitrogen and oxygen atoms in total. The quantitative estimate of drug-likeness (QED) is 0.697. The van der Waals surface area contributed by atoms with Gasteiger partial charge < -0.3 is 14.5 Å². The molecule has 0 saturated carbocycles. The lowest BCUT2D eigenvalue weighted by atomic mass is 9.92. The summed E-state index contributed by atoms with van der Waals surface area (Å²) in [5, 5.41) is 5.63. The molecule has 1 heterocycles. The van der Waals surface area contributed by atoms with Gasteiger partial charge in [0.1, 0.15) is 11.9 Å². The molecule has 0 aliphatic heterocycles. The molecule has 0 spiro atoms. The fraction of sp³-hybridized carbons (Fsp3) is 0.200. The standard InChI is InChI=1S/C20H19NO3/c1-3-13-4-7-16-14(10-13)5-8-18-20(16)17(12-24-18)15(11-22)6-9-19(23)21-2/h3-5,7-8,10-12,15H,1,6,9H2,2H3,(H,21,23). The van der Waals surface area contributed by atoms with Gasteiger partial charge in [0, 0.05) is 30.3 Å². The van der Waals surface area contributed by atoms with Gasteiger partial charge in [0.25, 0.3) is 0 Å². The number of rotatable bonds is 6. The third kappa shape index (κ3) is 2.83. The van der Waals surface area contributed by atoms with Gasteiger partial charge in [-0.2, -0.15) is 0 Å². The minimum absolute atomic E-state index is 0.0740. The molecule has 4 heteroatoms. The van der Waals surface area contributed by atoms with Crippen molar-refractivity contribution in [3.05, 3.63) is 54.3 Å². The number of fused-ring (bicyclic) bond motifs is 3. The summed E-state index contributed by atoms with van der Waals surface area (Å²) in [6, 6.07) is 9.98. The predicted molar refractivity (Wildman–Crippen MR) is 95.9 cm³/mol. The lowest BCUT2D eigenvalue weighted by Gasteiger charge is -2.09. The third-order valence-corrected chi connectivity index (χ3v) is 4.37. The molecule has 0 fully saturated rings. The van der Waals surface area contributed by atoms with Gasteiger partial charge in [-0.25, -0.2) is 0 Å². The van der Waals surface area contributed by atoms with Crippen molar-refractivity contribution in [1.29, 1.82) is 0 Å². The van der Waals surface area contributed by atoms with Crippen LogP contribution in [0.1, 0.15) is 29.9 Å². The van der Waals surface area contributed by atoms with E-state index in [1.54, 1.807) is 19.4 Å². The Balaban J connectivity index is 2.10. The van der Waals surface area contributed by atoms with Crippen LogP contribution in [0.5, 0.6) is 0 Å². The molecule has 0 radical (unpaired) electrons. The molecule has 0 saturated heterocycles. The van der Waals surface area contributed by atoms with Crippen molar-refractivity contribution < 1.29 is 14.0 Å². The monoisotopic (exact) mass is 321 g/mol. The zero-order valence-electron chi connectivity index (χ0n) is 13.5. The van der Waals surface area contributed by atoms with E-state index >= 15 is 0 Å². The summed E-state index contributed by atoms with van der Waals surface area (Å²) < 4.78 is 5.65. The number of nitrogens with one attached hydrogen (secondary N) is 1. The van der Waals surface area contributed by atoms with Crippen LogP contribution in [0.15, 0.2) is 47.6 Å². The molecular weight excluding hydrogens is 302 g/mol. The maximum absolute atomic E-state index is 11.6. The lowest BCUT2D eigenvalue weighted by molar-refractivity contribution is -0.120. The number of hydrogen-bond donors (Lipinski definition) is 1. The summed E-state index contributed by atoms with van der Waals surface area (Å²) in [6.07, 6.45) is 5.09. The van der Waals surface area contributed by atoms with Gasteiger partial charge in [0.2, 0.25) is 5.91 Å². The minimum atomic E-state index is -0.367. The van der Waals surface area contributed by atoms with Gasteiger partial charge in [-0.15, -0.1) is 0 Å². The highest BCUT2D eigenvalue weighted by Crippen LogP contribution is 2.35. The molecule has 24 heavy (non-hydrogen) atoms. The molecule has 1 unspecified atom stereocenters. The van der Waals surface area contributed by atoms with Crippen LogP contribution in [-0.4, -0.2) is 19.2 Å². The Hall–Kier alpha value is -2.88. The summed E-state index contributed by atoms with van der Waals surface area (Å²) in [7, 11) is 1.59. The maximum Gasteiger partial charge on any atom is 0.219 e. The Bertz CT molecular complexity index is 923. The van der Waals surface area contributed by atoms with Crippen LogP contribution in [0, 0.1) is 0 Å².